The van der Waals surface area contributed by atoms with Crippen molar-refractivity contribution in [1.82, 2.24) is 0 Å². The Morgan fingerprint density at radius 2 is 1.95 bits per heavy atom. The van der Waals surface area contributed by atoms with Gasteiger partial charge in [-0.1, -0.05) is 0 Å². The predicted octanol–water partition coefficient (Wildman–Crippen LogP) is 3.81. The molecule has 0 N–H and O–H groups in total. The van der Waals surface area contributed by atoms with Crippen molar-refractivity contribution >= 4 is 12.0 Å². The number of nitro benzene ring substituents is 1. The molecule has 0 radical (unpaired) electrons. The fourth-order valence-corrected chi connectivity index (χ4v) is 1.48. The summed E-state index contributed by atoms with van der Waals surface area (Å²) in [6.45, 7) is 0. The van der Waals surface area contributed by atoms with Gasteiger partial charge in [0.15, 0.2) is 12.0 Å². The summed E-state index contributed by atoms with van der Waals surface area (Å²) in [5.41, 5.74) is -2.04. The van der Waals surface area contributed by atoms with Crippen LogP contribution in [0.25, 0.3) is 0 Å². The summed E-state index contributed by atoms with van der Waals surface area (Å²) in [5, 5.41) is 10.8. The number of hydrogen-bond donors (Lipinski definition) is 0. The van der Waals surface area contributed by atoms with Crippen molar-refractivity contribution in [2.45, 2.75) is 6.18 Å². The van der Waals surface area contributed by atoms with Gasteiger partial charge in [-0.25, -0.2) is 0 Å². The third kappa shape index (κ3) is 3.19. The molecular formula is C12H6F3NO5. The van der Waals surface area contributed by atoms with Gasteiger partial charge in [-0.15, -0.1) is 0 Å². The van der Waals surface area contributed by atoms with Gasteiger partial charge in [-0.3, -0.25) is 14.9 Å². The lowest BCUT2D eigenvalue weighted by Gasteiger charge is -2.08. The van der Waals surface area contributed by atoms with Crippen LogP contribution in [0.4, 0.5) is 18.9 Å². The molecule has 0 saturated carbocycles. The van der Waals surface area contributed by atoms with Crippen LogP contribution < -0.4 is 4.74 Å². The number of benzene rings is 1. The SMILES string of the molecule is O=Cc1ccc(Oc2ccc(C(F)(F)F)cc2[N+](=O)[O-])o1. The molecule has 1 aromatic carbocycles. The number of nitrogens with zero attached hydrogens (tertiary/aromatic N) is 1. The van der Waals surface area contributed by atoms with Gasteiger partial charge in [0.05, 0.1) is 10.5 Å². The van der Waals surface area contributed by atoms with E-state index in [-0.39, 0.29) is 11.7 Å². The molecule has 6 nitrogen and oxygen atoms in total. The van der Waals surface area contributed by atoms with Crippen LogP contribution in [-0.4, -0.2) is 11.2 Å². The van der Waals surface area contributed by atoms with E-state index in [0.29, 0.717) is 18.4 Å². The van der Waals surface area contributed by atoms with Crippen molar-refractivity contribution < 1.29 is 32.0 Å². The lowest BCUT2D eigenvalue weighted by molar-refractivity contribution is -0.385. The van der Waals surface area contributed by atoms with E-state index in [9.17, 15) is 28.1 Å². The van der Waals surface area contributed by atoms with E-state index in [1.54, 1.807) is 0 Å². The first-order valence-corrected chi connectivity index (χ1v) is 5.40. The molecule has 0 aliphatic heterocycles. The Bertz CT molecular complexity index is 692. The van der Waals surface area contributed by atoms with Crippen molar-refractivity contribution in [3.05, 3.63) is 51.8 Å². The number of carbonyl (C=O) groups excluding carboxylic acids is 1. The van der Waals surface area contributed by atoms with Gasteiger partial charge < -0.3 is 9.15 Å². The second-order valence-electron chi connectivity index (χ2n) is 3.81. The van der Waals surface area contributed by atoms with E-state index < -0.39 is 28.1 Å². The maximum absolute atomic E-state index is 12.5. The maximum Gasteiger partial charge on any atom is 0.416 e. The van der Waals surface area contributed by atoms with Gasteiger partial charge in [0.1, 0.15) is 0 Å². The minimum atomic E-state index is -4.71. The number of hydrogen-bond acceptors (Lipinski definition) is 5. The zero-order valence-corrected chi connectivity index (χ0v) is 10.1. The molecule has 1 aromatic heterocycles. The number of furan rings is 1. The normalized spacial score (nSPS) is 11.2. The number of alkyl halides is 3. The Morgan fingerprint density at radius 1 is 1.24 bits per heavy atom. The zero-order chi connectivity index (χ0) is 15.6. The highest BCUT2D eigenvalue weighted by Crippen LogP contribution is 2.37. The number of aldehydes is 1. The third-order valence-electron chi connectivity index (χ3n) is 2.41. The first kappa shape index (κ1) is 14.6. The third-order valence-corrected chi connectivity index (χ3v) is 2.41. The largest absolute Gasteiger partial charge is 0.422 e. The fraction of sp³-hybridized carbons (Fsp3) is 0.0833. The average molecular weight is 301 g/mol. The van der Waals surface area contributed by atoms with Gasteiger partial charge >= 0.3 is 11.9 Å². The highest BCUT2D eigenvalue weighted by molar-refractivity contribution is 5.70. The number of rotatable bonds is 4. The average Bonchev–Trinajstić information content (AvgIpc) is 2.85. The maximum atomic E-state index is 12.5. The predicted molar refractivity (Wildman–Crippen MR) is 62.3 cm³/mol. The molecule has 0 bridgehead atoms. The standard InChI is InChI=1S/C12H6F3NO5/c13-12(14,15)7-1-3-10(9(5-7)16(18)19)21-11-4-2-8(6-17)20-11/h1-6H. The lowest BCUT2D eigenvalue weighted by atomic mass is 10.2. The Kier molecular flexibility index (Phi) is 3.66. The van der Waals surface area contributed by atoms with Gasteiger partial charge in [0.25, 0.3) is 5.95 Å². The van der Waals surface area contributed by atoms with Crippen LogP contribution in [0.1, 0.15) is 16.1 Å². The molecule has 0 atom stereocenters. The van der Waals surface area contributed by atoms with Crippen LogP contribution >= 0.6 is 0 Å². The van der Waals surface area contributed by atoms with Crippen molar-refractivity contribution in [3.63, 3.8) is 0 Å². The minimum Gasteiger partial charge on any atom is -0.422 e. The number of nitro groups is 1. The topological polar surface area (TPSA) is 82.6 Å². The van der Waals surface area contributed by atoms with Gasteiger partial charge in [0, 0.05) is 12.1 Å². The number of ether oxygens (including phenoxy) is 1. The Morgan fingerprint density at radius 3 is 2.48 bits per heavy atom. The molecule has 0 aliphatic rings. The molecule has 0 aliphatic carbocycles. The molecule has 21 heavy (non-hydrogen) atoms. The Hall–Kier alpha value is -2.84. The molecule has 0 amide bonds. The summed E-state index contributed by atoms with van der Waals surface area (Å²) in [6, 6.07) is 4.28. The van der Waals surface area contributed by atoms with Crippen LogP contribution in [-0.2, 0) is 6.18 Å². The summed E-state index contributed by atoms with van der Waals surface area (Å²) in [6.07, 6.45) is -4.33. The summed E-state index contributed by atoms with van der Waals surface area (Å²) in [5.74, 6) is -0.765. The summed E-state index contributed by atoms with van der Waals surface area (Å²) >= 11 is 0. The second kappa shape index (κ2) is 5.27. The van der Waals surface area contributed by atoms with Gasteiger partial charge in [-0.05, 0) is 18.2 Å². The molecule has 9 heteroatoms. The molecule has 0 unspecified atom stereocenters. The molecule has 1 heterocycles. The zero-order valence-electron chi connectivity index (χ0n) is 10.1. The van der Waals surface area contributed by atoms with Gasteiger partial charge in [0.2, 0.25) is 5.75 Å². The highest BCUT2D eigenvalue weighted by atomic mass is 19.4. The first-order chi connectivity index (χ1) is 9.81. The Labute approximate surface area is 114 Å². The summed E-state index contributed by atoms with van der Waals surface area (Å²) in [7, 11) is 0. The van der Waals surface area contributed by atoms with E-state index in [1.807, 2.05) is 0 Å². The van der Waals surface area contributed by atoms with Crippen LogP contribution in [0.2, 0.25) is 0 Å². The van der Waals surface area contributed by atoms with Crippen LogP contribution in [0, 0.1) is 10.1 Å². The van der Waals surface area contributed by atoms with E-state index in [4.69, 9.17) is 9.15 Å². The van der Waals surface area contributed by atoms with E-state index in [1.165, 1.54) is 12.1 Å². The summed E-state index contributed by atoms with van der Waals surface area (Å²) < 4.78 is 47.4. The molecule has 0 fully saturated rings. The van der Waals surface area contributed by atoms with E-state index in [0.717, 1.165) is 6.07 Å². The molecule has 0 saturated heterocycles. The van der Waals surface area contributed by atoms with Crippen molar-refractivity contribution in [3.8, 4) is 11.7 Å². The lowest BCUT2D eigenvalue weighted by Crippen LogP contribution is -2.06. The summed E-state index contributed by atoms with van der Waals surface area (Å²) in [4.78, 5) is 20.2. The number of halogens is 3. The second-order valence-corrected chi connectivity index (χ2v) is 3.81. The fourth-order valence-electron chi connectivity index (χ4n) is 1.48. The molecule has 110 valence electrons. The molecule has 2 rings (SSSR count). The minimum absolute atomic E-state index is 0.0837. The van der Waals surface area contributed by atoms with Crippen molar-refractivity contribution in [2.75, 3.05) is 0 Å². The van der Waals surface area contributed by atoms with Gasteiger partial charge in [-0.2, -0.15) is 13.2 Å². The molecular weight excluding hydrogens is 295 g/mol. The molecule has 2 aromatic rings. The van der Waals surface area contributed by atoms with Crippen molar-refractivity contribution in [1.29, 1.82) is 0 Å². The van der Waals surface area contributed by atoms with E-state index >= 15 is 0 Å². The molecule has 0 spiro atoms. The first-order valence-electron chi connectivity index (χ1n) is 5.40. The highest BCUT2D eigenvalue weighted by Gasteiger charge is 2.33. The smallest absolute Gasteiger partial charge is 0.416 e. The van der Waals surface area contributed by atoms with Crippen LogP contribution in [0.3, 0.4) is 0 Å². The Balaban J connectivity index is 2.39. The monoisotopic (exact) mass is 301 g/mol. The van der Waals surface area contributed by atoms with Crippen LogP contribution in [0.5, 0.6) is 11.7 Å². The quantitative estimate of drug-likeness (QED) is 0.487. The van der Waals surface area contributed by atoms with Crippen LogP contribution in [0.15, 0.2) is 34.7 Å². The van der Waals surface area contributed by atoms with Crippen molar-refractivity contribution in [2.24, 2.45) is 0 Å². The van der Waals surface area contributed by atoms with E-state index in [2.05, 4.69) is 0 Å². The number of carbonyl (C=O) groups is 1.